The number of halogens is 3. The smallest absolute Gasteiger partial charge is 0.285 e. The molecule has 3 aromatic heterocycles. The van der Waals surface area contributed by atoms with Gasteiger partial charge < -0.3 is 9.15 Å². The van der Waals surface area contributed by atoms with Gasteiger partial charge in [-0.2, -0.15) is 11.3 Å². The fourth-order valence-corrected chi connectivity index (χ4v) is 22.1. The van der Waals surface area contributed by atoms with Crippen LogP contribution in [0.15, 0.2) is 243 Å². The number of para-hydroxylation sites is 3. The van der Waals surface area contributed by atoms with E-state index in [1.54, 1.807) is 46.8 Å². The molecular formula is C91H88BrClFN2O5S2. The van der Waals surface area contributed by atoms with Gasteiger partial charge in [-0.15, -0.1) is 11.3 Å². The van der Waals surface area contributed by atoms with Gasteiger partial charge >= 0.3 is 0 Å². The predicted octanol–water partition coefficient (Wildman–Crippen LogP) is 28.0. The molecule has 12 heteroatoms. The standard InChI is InChI=1S/C91H88BrClFN2O5S2/c1-58(2)55-80(59(3)4)91(67-45-46-67,90(66-33-20-34-66,65-31-18-19-32-65)64-29-14-8-15-30-64)81(61-50-53-102-57-61)88-79(51-54-103-88)77-44-24-43-76(86(77)96(98)99)75-42-23-41-74(85(75)95(97)68-35-16-9-17-36-68)70-38-22-39-71(82(70)92)78-48-47-72(73-40-21-37-69(84(73)94)60-49-52-100-56-60)83(93)87(78)101-89(5,62-25-10-6-11-26-62)63-27-12-7-13-28-63/h6-7,9-13,16-17,21-28,35-44,47-57,59,64-67,81,97H,8,14-15,18-20,29-34,45-46H2,1-5H3. The average Bonchev–Trinajstić information content (AvgIpc) is 1.60. The summed E-state index contributed by atoms with van der Waals surface area (Å²) in [5.74, 6) is 3.82. The summed E-state index contributed by atoms with van der Waals surface area (Å²) in [6.07, 6.45) is 23.3. The van der Waals surface area contributed by atoms with Gasteiger partial charge in [-0.3, -0.25) is 15.3 Å². The lowest BCUT2D eigenvalue weighted by Gasteiger charge is -2.69. The highest BCUT2D eigenvalue weighted by Crippen LogP contribution is 2.80. The maximum absolute atomic E-state index is 17.2. The number of hydrogen-bond donors (Lipinski definition) is 1. The van der Waals surface area contributed by atoms with Crippen LogP contribution in [0.3, 0.4) is 0 Å². The molecule has 103 heavy (non-hydrogen) atoms. The molecule has 4 saturated carbocycles. The minimum atomic E-state index is -1.14. The van der Waals surface area contributed by atoms with Crippen molar-refractivity contribution in [2.75, 3.05) is 5.06 Å². The van der Waals surface area contributed by atoms with E-state index < -0.39 is 11.4 Å². The number of benzene rings is 8. The number of ether oxygens (including phenoxy) is 1. The fraction of sp³-hybridized carbons (Fsp3) is 0.308. The largest absolute Gasteiger partial charge is 0.476 e. The molecule has 11 aromatic rings. The van der Waals surface area contributed by atoms with Crippen molar-refractivity contribution in [3.63, 3.8) is 0 Å². The maximum Gasteiger partial charge on any atom is 0.285 e. The lowest BCUT2D eigenvalue weighted by Crippen LogP contribution is -2.64. The Morgan fingerprint density at radius 1 is 0.621 bits per heavy atom. The van der Waals surface area contributed by atoms with Crippen molar-refractivity contribution in [1.82, 2.24) is 0 Å². The summed E-state index contributed by atoms with van der Waals surface area (Å²) in [6, 6.07) is 62.2. The number of thiophene rings is 2. The van der Waals surface area contributed by atoms with E-state index in [4.69, 9.17) is 20.8 Å². The molecule has 0 amide bonds. The molecule has 15 rings (SSSR count). The Morgan fingerprint density at radius 2 is 1.16 bits per heavy atom. The number of furan rings is 1. The van der Waals surface area contributed by atoms with Crippen LogP contribution in [-0.2, 0) is 5.60 Å². The molecule has 0 spiro atoms. The zero-order chi connectivity index (χ0) is 71.2. The zero-order valence-corrected chi connectivity index (χ0v) is 63.2. The summed E-state index contributed by atoms with van der Waals surface area (Å²) < 4.78 is 30.8. The van der Waals surface area contributed by atoms with E-state index >= 15 is 4.39 Å². The van der Waals surface area contributed by atoms with Gasteiger partial charge in [0.15, 0.2) is 5.60 Å². The summed E-state index contributed by atoms with van der Waals surface area (Å²) in [4.78, 5) is 15.9. The minimum absolute atomic E-state index is 0.0159. The number of anilines is 2. The average molecular weight is 1490 g/mol. The van der Waals surface area contributed by atoms with E-state index in [1.807, 2.05) is 171 Å². The van der Waals surface area contributed by atoms with Crippen molar-refractivity contribution in [3.05, 3.63) is 287 Å². The number of allylic oxidation sites excluding steroid dienone is 2. The molecule has 4 aliphatic rings. The van der Waals surface area contributed by atoms with Crippen LogP contribution in [0.2, 0.25) is 5.02 Å². The molecule has 0 bridgehead atoms. The van der Waals surface area contributed by atoms with Crippen LogP contribution >= 0.6 is 50.2 Å². The Balaban J connectivity index is 0.935. The van der Waals surface area contributed by atoms with Gasteiger partial charge in [-0.05, 0) is 210 Å². The zero-order valence-electron chi connectivity index (χ0n) is 59.2. The van der Waals surface area contributed by atoms with E-state index in [2.05, 4.69) is 78.0 Å². The molecule has 3 atom stereocenters. The number of nitro groups is 1. The summed E-state index contributed by atoms with van der Waals surface area (Å²) in [5, 5.41) is 36.4. The van der Waals surface area contributed by atoms with Crippen LogP contribution in [0, 0.1) is 62.3 Å². The predicted molar refractivity (Wildman–Crippen MR) is 426 cm³/mol. The topological polar surface area (TPSA) is 89.0 Å². The number of nitrogens with zero attached hydrogens (tertiary/aromatic N) is 2. The first kappa shape index (κ1) is 70.5. The van der Waals surface area contributed by atoms with Crippen molar-refractivity contribution in [1.29, 1.82) is 0 Å². The van der Waals surface area contributed by atoms with Gasteiger partial charge in [0.05, 0.1) is 45.0 Å². The molecule has 0 saturated heterocycles. The van der Waals surface area contributed by atoms with Gasteiger partial charge in [-0.1, -0.05) is 221 Å². The summed E-state index contributed by atoms with van der Waals surface area (Å²) in [5.41, 5.74) is 10.2. The SMILES string of the molecule is CC(C)=C[C](C(C)C)C(C1CC1)(C(c1ccsc1)c1sccc1-c1cccc(-c2cccc(-c3cccc(-c4ccc(-c5cccc(-c6ccoc6)c5F)c(Cl)c4OC(C)(c4ccccc4)c4ccccc4)c3Br)c2N(O)c2ccccc2)c1[N+](=O)[O-])C(C1CCCCC1)(C1CCCC1)C1CCC1. The molecule has 4 fully saturated rings. The maximum atomic E-state index is 17.2. The molecule has 3 unspecified atom stereocenters. The first-order valence-electron chi connectivity index (χ1n) is 37.0. The van der Waals surface area contributed by atoms with E-state index in [9.17, 15) is 15.3 Å². The van der Waals surface area contributed by atoms with E-state index in [1.165, 1.54) is 123 Å². The number of hydrogen-bond acceptors (Lipinski definition) is 8. The summed E-state index contributed by atoms with van der Waals surface area (Å²) in [6.45, 7) is 11.6. The van der Waals surface area contributed by atoms with Gasteiger partial charge in [0.1, 0.15) is 11.6 Å². The van der Waals surface area contributed by atoms with Crippen molar-refractivity contribution < 1.29 is 23.7 Å². The van der Waals surface area contributed by atoms with Gasteiger partial charge in [0.2, 0.25) is 0 Å². The van der Waals surface area contributed by atoms with Crippen molar-refractivity contribution in [2.24, 2.45) is 40.4 Å². The highest BCUT2D eigenvalue weighted by molar-refractivity contribution is 9.10. The van der Waals surface area contributed by atoms with Crippen LogP contribution in [-0.4, -0.2) is 10.1 Å². The van der Waals surface area contributed by atoms with Crippen LogP contribution in [0.1, 0.15) is 152 Å². The molecular weight excluding hydrogens is 1400 g/mol. The number of nitro benzene ring substituents is 1. The Bertz CT molecular complexity index is 4800. The lowest BCUT2D eigenvalue weighted by molar-refractivity contribution is -0.383. The fourth-order valence-electron chi connectivity index (χ4n) is 19.3. The molecule has 8 aromatic carbocycles. The van der Waals surface area contributed by atoms with Gasteiger partial charge in [0, 0.05) is 76.7 Å². The normalized spacial score (nSPS) is 16.8. The molecule has 525 valence electrons. The quantitative estimate of drug-likeness (QED) is 0.0479. The second kappa shape index (κ2) is 29.8. The molecule has 1 N–H and O–H groups in total. The Kier molecular flexibility index (Phi) is 20.4. The highest BCUT2D eigenvalue weighted by Gasteiger charge is 2.73. The van der Waals surface area contributed by atoms with Crippen molar-refractivity contribution in [2.45, 2.75) is 136 Å². The number of rotatable bonds is 24. The monoisotopic (exact) mass is 1490 g/mol. The van der Waals surface area contributed by atoms with E-state index in [0.29, 0.717) is 101 Å². The van der Waals surface area contributed by atoms with Gasteiger partial charge in [0.25, 0.3) is 5.69 Å². The second-order valence-corrected chi connectivity index (χ2v) is 32.8. The third kappa shape index (κ3) is 12.6. The lowest BCUT2D eigenvalue weighted by atomic mass is 9.34. The highest BCUT2D eigenvalue weighted by atomic mass is 79.9. The first-order valence-corrected chi connectivity index (χ1v) is 40.0. The Hall–Kier alpha value is -8.16. The van der Waals surface area contributed by atoms with E-state index in [-0.39, 0.29) is 43.9 Å². The van der Waals surface area contributed by atoms with Gasteiger partial charge in [-0.25, -0.2) is 9.45 Å². The molecule has 4 aliphatic carbocycles. The molecule has 7 nitrogen and oxygen atoms in total. The molecule has 3 heterocycles. The molecule has 1 radical (unpaired) electrons. The third-order valence-electron chi connectivity index (χ3n) is 23.7. The Labute approximate surface area is 627 Å². The molecule has 0 aliphatic heterocycles. The van der Waals surface area contributed by atoms with Crippen LogP contribution in [0.5, 0.6) is 5.75 Å². The minimum Gasteiger partial charge on any atom is -0.476 e. The second-order valence-electron chi connectivity index (χ2n) is 29.9. The van der Waals surface area contributed by atoms with Crippen LogP contribution in [0.25, 0.3) is 66.8 Å². The third-order valence-corrected chi connectivity index (χ3v) is 26.6. The van der Waals surface area contributed by atoms with Crippen molar-refractivity contribution >= 4 is 67.3 Å². The van der Waals surface area contributed by atoms with E-state index in [0.717, 1.165) is 16.7 Å². The Morgan fingerprint density at radius 3 is 1.70 bits per heavy atom. The summed E-state index contributed by atoms with van der Waals surface area (Å²) >= 11 is 15.6. The van der Waals surface area contributed by atoms with Crippen molar-refractivity contribution in [3.8, 4) is 72.5 Å². The van der Waals surface area contributed by atoms with Crippen LogP contribution in [0.4, 0.5) is 21.5 Å². The summed E-state index contributed by atoms with van der Waals surface area (Å²) in [7, 11) is 0. The first-order chi connectivity index (χ1) is 50.2. The van der Waals surface area contributed by atoms with Crippen LogP contribution < -0.4 is 9.80 Å².